The van der Waals surface area contributed by atoms with E-state index in [4.69, 9.17) is 0 Å². The second-order valence-electron chi connectivity index (χ2n) is 6.12. The minimum Gasteiger partial charge on any atom is -0.346 e. The van der Waals surface area contributed by atoms with E-state index in [1.54, 1.807) is 0 Å². The minimum atomic E-state index is 0.776. The standard InChI is InChI=1S/C17H26N4/c1-14-6-2-3-10-21(14)11-5-8-18-12-15-13-20-17-16(15)7-4-9-19-17/h4,7,9,13-14,18H,2-3,5-6,8,10-12H2,1H3,(H,19,20). The van der Waals surface area contributed by atoms with Gasteiger partial charge in [0.1, 0.15) is 5.65 Å². The van der Waals surface area contributed by atoms with Crippen molar-refractivity contribution < 1.29 is 0 Å². The molecule has 3 heterocycles. The van der Waals surface area contributed by atoms with Crippen molar-refractivity contribution in [2.24, 2.45) is 0 Å². The van der Waals surface area contributed by atoms with E-state index in [9.17, 15) is 0 Å². The Balaban J connectivity index is 1.40. The highest BCUT2D eigenvalue weighted by Crippen LogP contribution is 2.17. The lowest BCUT2D eigenvalue weighted by molar-refractivity contribution is 0.159. The molecular formula is C17H26N4. The van der Waals surface area contributed by atoms with Gasteiger partial charge in [-0.05, 0) is 63.5 Å². The molecule has 1 fully saturated rings. The number of fused-ring (bicyclic) bond motifs is 1. The summed E-state index contributed by atoms with van der Waals surface area (Å²) in [5, 5.41) is 4.79. The molecule has 2 aromatic heterocycles. The predicted molar refractivity (Wildman–Crippen MR) is 87.3 cm³/mol. The zero-order valence-electron chi connectivity index (χ0n) is 12.9. The van der Waals surface area contributed by atoms with Crippen LogP contribution in [0.1, 0.15) is 38.2 Å². The summed E-state index contributed by atoms with van der Waals surface area (Å²) >= 11 is 0. The number of piperidine rings is 1. The SMILES string of the molecule is CC1CCCCN1CCCNCc1c[nH]c2ncccc12. The van der Waals surface area contributed by atoms with Crippen LogP contribution in [0.25, 0.3) is 11.0 Å². The molecule has 0 saturated carbocycles. The number of rotatable bonds is 6. The molecule has 1 aliphatic rings. The number of likely N-dealkylation sites (tertiary alicyclic amines) is 1. The number of pyridine rings is 1. The highest BCUT2D eigenvalue weighted by Gasteiger charge is 2.16. The van der Waals surface area contributed by atoms with Crippen molar-refractivity contribution in [3.8, 4) is 0 Å². The maximum absolute atomic E-state index is 4.33. The van der Waals surface area contributed by atoms with Crippen LogP contribution in [0.15, 0.2) is 24.5 Å². The van der Waals surface area contributed by atoms with E-state index in [2.05, 4.69) is 39.4 Å². The summed E-state index contributed by atoms with van der Waals surface area (Å²) in [5.41, 5.74) is 2.29. The minimum absolute atomic E-state index is 0.776. The van der Waals surface area contributed by atoms with Gasteiger partial charge in [-0.2, -0.15) is 0 Å². The first kappa shape index (κ1) is 14.5. The van der Waals surface area contributed by atoms with Crippen molar-refractivity contribution in [1.82, 2.24) is 20.2 Å². The van der Waals surface area contributed by atoms with Crippen LogP contribution in [0, 0.1) is 0 Å². The summed E-state index contributed by atoms with van der Waals surface area (Å²) in [6.07, 6.45) is 9.28. The molecule has 1 atom stereocenters. The molecule has 1 aliphatic heterocycles. The molecular weight excluding hydrogens is 260 g/mol. The molecule has 0 amide bonds. The van der Waals surface area contributed by atoms with Crippen LogP contribution in [0.3, 0.4) is 0 Å². The molecule has 1 saturated heterocycles. The third-order valence-corrected chi connectivity index (χ3v) is 4.59. The fourth-order valence-electron chi connectivity index (χ4n) is 3.28. The van der Waals surface area contributed by atoms with Crippen molar-refractivity contribution in [2.45, 2.75) is 45.2 Å². The molecule has 0 radical (unpaired) electrons. The molecule has 21 heavy (non-hydrogen) atoms. The van der Waals surface area contributed by atoms with E-state index < -0.39 is 0 Å². The molecule has 4 heteroatoms. The second kappa shape index (κ2) is 7.05. The van der Waals surface area contributed by atoms with Crippen LogP contribution in [0.4, 0.5) is 0 Å². The monoisotopic (exact) mass is 286 g/mol. The van der Waals surface area contributed by atoms with Gasteiger partial charge in [-0.1, -0.05) is 6.42 Å². The molecule has 0 bridgehead atoms. The second-order valence-corrected chi connectivity index (χ2v) is 6.12. The number of hydrogen-bond acceptors (Lipinski definition) is 3. The number of hydrogen-bond donors (Lipinski definition) is 2. The Labute approximate surface area is 126 Å². The molecule has 2 N–H and O–H groups in total. The molecule has 0 spiro atoms. The first-order chi connectivity index (χ1) is 10.3. The summed E-state index contributed by atoms with van der Waals surface area (Å²) in [7, 11) is 0. The van der Waals surface area contributed by atoms with E-state index in [-0.39, 0.29) is 0 Å². The molecule has 1 unspecified atom stereocenters. The molecule has 4 nitrogen and oxygen atoms in total. The van der Waals surface area contributed by atoms with E-state index in [0.29, 0.717) is 0 Å². The van der Waals surface area contributed by atoms with Crippen LogP contribution in [-0.4, -0.2) is 40.5 Å². The number of nitrogens with one attached hydrogen (secondary N) is 2. The Morgan fingerprint density at radius 3 is 3.29 bits per heavy atom. The van der Waals surface area contributed by atoms with E-state index >= 15 is 0 Å². The summed E-state index contributed by atoms with van der Waals surface area (Å²) in [5.74, 6) is 0. The molecule has 3 rings (SSSR count). The van der Waals surface area contributed by atoms with Crippen molar-refractivity contribution in [2.75, 3.05) is 19.6 Å². The Kier molecular flexibility index (Phi) is 4.88. The Hall–Kier alpha value is -1.39. The fourth-order valence-corrected chi connectivity index (χ4v) is 3.28. The maximum Gasteiger partial charge on any atom is 0.137 e. The van der Waals surface area contributed by atoms with Gasteiger partial charge in [0.15, 0.2) is 0 Å². The van der Waals surface area contributed by atoms with Gasteiger partial charge in [-0.15, -0.1) is 0 Å². The van der Waals surface area contributed by atoms with Crippen molar-refractivity contribution >= 4 is 11.0 Å². The lowest BCUT2D eigenvalue weighted by Crippen LogP contribution is -2.38. The topological polar surface area (TPSA) is 44.0 Å². The van der Waals surface area contributed by atoms with E-state index in [1.807, 2.05) is 12.3 Å². The van der Waals surface area contributed by atoms with Crippen LogP contribution >= 0.6 is 0 Å². The van der Waals surface area contributed by atoms with E-state index in [0.717, 1.165) is 24.8 Å². The zero-order chi connectivity index (χ0) is 14.5. The predicted octanol–water partition coefficient (Wildman–Crippen LogP) is 2.92. The summed E-state index contributed by atoms with van der Waals surface area (Å²) in [4.78, 5) is 10.2. The average molecular weight is 286 g/mol. The highest BCUT2D eigenvalue weighted by atomic mass is 15.2. The van der Waals surface area contributed by atoms with Crippen LogP contribution in [-0.2, 0) is 6.54 Å². The van der Waals surface area contributed by atoms with Crippen molar-refractivity contribution in [1.29, 1.82) is 0 Å². The Morgan fingerprint density at radius 1 is 1.43 bits per heavy atom. The number of nitrogens with zero attached hydrogens (tertiary/aromatic N) is 2. The third-order valence-electron chi connectivity index (χ3n) is 4.59. The van der Waals surface area contributed by atoms with Gasteiger partial charge in [0.2, 0.25) is 0 Å². The lowest BCUT2D eigenvalue weighted by atomic mass is 10.0. The Morgan fingerprint density at radius 2 is 2.38 bits per heavy atom. The smallest absolute Gasteiger partial charge is 0.137 e. The van der Waals surface area contributed by atoms with Crippen molar-refractivity contribution in [3.63, 3.8) is 0 Å². The highest BCUT2D eigenvalue weighted by molar-refractivity contribution is 5.79. The lowest BCUT2D eigenvalue weighted by Gasteiger charge is -2.33. The maximum atomic E-state index is 4.33. The summed E-state index contributed by atoms with van der Waals surface area (Å²) < 4.78 is 0. The first-order valence-corrected chi connectivity index (χ1v) is 8.20. The molecule has 0 aromatic carbocycles. The van der Waals surface area contributed by atoms with Gasteiger partial charge in [-0.25, -0.2) is 4.98 Å². The van der Waals surface area contributed by atoms with Crippen LogP contribution in [0.5, 0.6) is 0 Å². The number of H-pyrrole nitrogens is 1. The van der Waals surface area contributed by atoms with Gasteiger partial charge in [-0.3, -0.25) is 0 Å². The van der Waals surface area contributed by atoms with Crippen LogP contribution < -0.4 is 5.32 Å². The molecule has 2 aromatic rings. The first-order valence-electron chi connectivity index (χ1n) is 8.20. The average Bonchev–Trinajstić information content (AvgIpc) is 2.92. The van der Waals surface area contributed by atoms with E-state index in [1.165, 1.54) is 49.7 Å². The largest absolute Gasteiger partial charge is 0.346 e. The number of aromatic amines is 1. The fraction of sp³-hybridized carbons (Fsp3) is 0.588. The molecule has 0 aliphatic carbocycles. The quantitative estimate of drug-likeness (QED) is 0.803. The number of aromatic nitrogens is 2. The van der Waals surface area contributed by atoms with Gasteiger partial charge in [0.05, 0.1) is 0 Å². The summed E-state index contributed by atoms with van der Waals surface area (Å²) in [6.45, 7) is 6.88. The van der Waals surface area contributed by atoms with Gasteiger partial charge < -0.3 is 15.2 Å². The van der Waals surface area contributed by atoms with Gasteiger partial charge in [0, 0.05) is 30.4 Å². The normalized spacial score (nSPS) is 20.1. The zero-order valence-corrected chi connectivity index (χ0v) is 12.9. The van der Waals surface area contributed by atoms with Gasteiger partial charge in [0.25, 0.3) is 0 Å². The van der Waals surface area contributed by atoms with Gasteiger partial charge >= 0.3 is 0 Å². The van der Waals surface area contributed by atoms with Crippen LogP contribution in [0.2, 0.25) is 0 Å². The molecule has 114 valence electrons. The Bertz CT molecular complexity index is 563. The summed E-state index contributed by atoms with van der Waals surface area (Å²) in [6, 6.07) is 4.90. The van der Waals surface area contributed by atoms with Crippen molar-refractivity contribution in [3.05, 3.63) is 30.1 Å². The third kappa shape index (κ3) is 3.63.